The van der Waals surface area contributed by atoms with Gasteiger partial charge < -0.3 is 29.6 Å². The van der Waals surface area contributed by atoms with Crippen LogP contribution in [-0.2, 0) is 21.0 Å². The average molecular weight is 606 g/mol. The third-order valence-corrected chi connectivity index (χ3v) is 8.09. The van der Waals surface area contributed by atoms with Crippen molar-refractivity contribution in [3.8, 4) is 11.5 Å². The highest BCUT2D eigenvalue weighted by Crippen LogP contribution is 2.32. The molecule has 41 heavy (non-hydrogen) atoms. The summed E-state index contributed by atoms with van der Waals surface area (Å²) in [5, 5.41) is 9.79. The Balaban J connectivity index is 1.58. The zero-order chi connectivity index (χ0) is 29.6. The van der Waals surface area contributed by atoms with Gasteiger partial charge in [0.2, 0.25) is 0 Å². The first kappa shape index (κ1) is 29.7. The molecule has 0 aliphatic rings. The van der Waals surface area contributed by atoms with Gasteiger partial charge in [-0.2, -0.15) is 13.2 Å². The lowest BCUT2D eigenvalue weighted by Crippen LogP contribution is -2.17. The molecule has 14 heteroatoms. The number of rotatable bonds is 11. The fourth-order valence-corrected chi connectivity index (χ4v) is 5.45. The fraction of sp³-hybridized carbons (Fsp3) is 0.111. The Hall–Kier alpha value is -4.27. The summed E-state index contributed by atoms with van der Waals surface area (Å²) in [5.74, 6) is 1.41. The van der Waals surface area contributed by atoms with E-state index in [2.05, 4.69) is 20.1 Å². The summed E-state index contributed by atoms with van der Waals surface area (Å²) in [4.78, 5) is -0.530. The predicted octanol–water partition coefficient (Wildman–Crippen LogP) is 7.18. The molecule has 0 heterocycles. The van der Waals surface area contributed by atoms with Crippen LogP contribution in [0, 0.1) is 0 Å². The number of ether oxygens (including phenoxy) is 2. The topological polar surface area (TPSA) is 120 Å². The first-order valence-electron chi connectivity index (χ1n) is 11.8. The third-order valence-electron chi connectivity index (χ3n) is 5.50. The molecule has 0 aliphatic carbocycles. The number of nitrogens with one attached hydrogen (secondary N) is 3. The minimum atomic E-state index is -5.28. The van der Waals surface area contributed by atoms with Crippen LogP contribution in [0.5, 0.6) is 11.5 Å². The maximum absolute atomic E-state index is 12.5. The van der Waals surface area contributed by atoms with Crippen molar-refractivity contribution in [2.75, 3.05) is 30.2 Å². The molecule has 4 rings (SSSR count). The number of methoxy groups -OCH3 is 2. The van der Waals surface area contributed by atoms with Crippen LogP contribution in [0.3, 0.4) is 0 Å². The second-order valence-electron chi connectivity index (χ2n) is 8.40. The molecule has 0 aliphatic heterocycles. The van der Waals surface area contributed by atoms with Crippen molar-refractivity contribution < 1.29 is 35.3 Å². The lowest BCUT2D eigenvalue weighted by atomic mass is 10.2. The molecule has 4 aromatic carbocycles. The van der Waals surface area contributed by atoms with Gasteiger partial charge in [0.15, 0.2) is 0 Å². The van der Waals surface area contributed by atoms with E-state index in [4.69, 9.17) is 9.47 Å². The summed E-state index contributed by atoms with van der Waals surface area (Å²) >= 11 is 0. The standard InChI is InChI=1S/C27H24F3N4O5S2/c1-38-24-9-3-18(4-10-24)31-21-15-22(32-19-5-11-25(39-2)12-6-19)17-23(16-21)33-20-7-13-26(14-8-20)41(36,37)34-40(35)27(28,29)30/h3-17,31-33H,1-2H3/q-1. The van der Waals surface area contributed by atoms with Crippen LogP contribution in [-0.4, -0.2) is 32.4 Å². The van der Waals surface area contributed by atoms with E-state index in [-0.39, 0.29) is 0 Å². The first-order chi connectivity index (χ1) is 19.4. The highest BCUT2D eigenvalue weighted by Gasteiger charge is 2.32. The van der Waals surface area contributed by atoms with Gasteiger partial charge in [0.05, 0.1) is 14.2 Å². The van der Waals surface area contributed by atoms with Crippen molar-refractivity contribution in [2.45, 2.75) is 10.4 Å². The van der Waals surface area contributed by atoms with Crippen LogP contribution in [0.25, 0.3) is 4.13 Å². The van der Waals surface area contributed by atoms with Crippen LogP contribution >= 0.6 is 0 Å². The minimum absolute atomic E-state index is 0.442. The second-order valence-corrected chi connectivity index (χ2v) is 11.4. The lowest BCUT2D eigenvalue weighted by molar-refractivity contribution is -0.0375. The molecule has 216 valence electrons. The molecule has 1 unspecified atom stereocenters. The van der Waals surface area contributed by atoms with Crippen molar-refractivity contribution in [1.29, 1.82) is 0 Å². The van der Waals surface area contributed by atoms with E-state index < -0.39 is 31.4 Å². The SMILES string of the molecule is COc1ccc(Nc2cc(Nc3ccc(OC)cc3)cc(Nc3ccc(S(=O)(=O)[N-]S(=O)C(F)(F)F)cc3)c2)cc1. The van der Waals surface area contributed by atoms with Gasteiger partial charge in [-0.15, -0.1) is 0 Å². The van der Waals surface area contributed by atoms with Crippen LogP contribution in [0.1, 0.15) is 0 Å². The monoisotopic (exact) mass is 605 g/mol. The number of hydrogen-bond acceptors (Lipinski definition) is 8. The number of alkyl halides is 3. The maximum Gasteiger partial charge on any atom is 0.453 e. The molecule has 4 aromatic rings. The van der Waals surface area contributed by atoms with Crippen molar-refractivity contribution in [1.82, 2.24) is 0 Å². The Labute approximate surface area is 237 Å². The van der Waals surface area contributed by atoms with Crippen molar-refractivity contribution >= 4 is 55.1 Å². The maximum atomic E-state index is 12.5. The number of hydrogen-bond donors (Lipinski definition) is 3. The Morgan fingerprint density at radius 3 is 1.29 bits per heavy atom. The van der Waals surface area contributed by atoms with Gasteiger partial charge in [-0.3, -0.25) is 4.21 Å². The van der Waals surface area contributed by atoms with E-state index >= 15 is 0 Å². The zero-order valence-electron chi connectivity index (χ0n) is 21.6. The quantitative estimate of drug-likeness (QED) is 0.165. The molecule has 9 nitrogen and oxygen atoms in total. The largest absolute Gasteiger partial charge is 0.497 e. The van der Waals surface area contributed by atoms with Crippen LogP contribution in [0.2, 0.25) is 0 Å². The Bertz CT molecular complexity index is 1550. The van der Waals surface area contributed by atoms with E-state index in [9.17, 15) is 25.8 Å². The van der Waals surface area contributed by atoms with E-state index in [1.165, 1.54) is 12.1 Å². The molecule has 0 spiro atoms. The molecule has 0 aromatic heterocycles. The number of benzene rings is 4. The molecule has 0 radical (unpaired) electrons. The predicted molar refractivity (Wildman–Crippen MR) is 153 cm³/mol. The molecule has 0 bridgehead atoms. The highest BCUT2D eigenvalue weighted by molar-refractivity contribution is 8.09. The van der Waals surface area contributed by atoms with Crippen LogP contribution in [0.15, 0.2) is 95.9 Å². The number of nitrogens with zero attached hydrogens (tertiary/aromatic N) is 1. The average Bonchev–Trinajstić information content (AvgIpc) is 2.93. The Morgan fingerprint density at radius 1 is 0.634 bits per heavy atom. The molecule has 0 saturated carbocycles. The van der Waals surface area contributed by atoms with Gasteiger partial charge in [0, 0.05) is 50.0 Å². The first-order valence-corrected chi connectivity index (χ1v) is 14.3. The second kappa shape index (κ2) is 12.5. The van der Waals surface area contributed by atoms with Crippen molar-refractivity contribution in [2.24, 2.45) is 0 Å². The summed E-state index contributed by atoms with van der Waals surface area (Å²) < 4.78 is 85.9. The van der Waals surface area contributed by atoms with E-state index in [0.717, 1.165) is 23.5 Å². The van der Waals surface area contributed by atoms with Gasteiger partial charge in [-0.05, 0) is 91.0 Å². The van der Waals surface area contributed by atoms with Gasteiger partial charge >= 0.3 is 5.51 Å². The number of anilines is 6. The molecule has 0 saturated heterocycles. The lowest BCUT2D eigenvalue weighted by Gasteiger charge is -2.21. The molecule has 3 N–H and O–H groups in total. The molecule has 1 atom stereocenters. The number of sulfonamides is 1. The molecule has 0 amide bonds. The van der Waals surface area contributed by atoms with E-state index in [0.29, 0.717) is 34.2 Å². The molecule has 0 fully saturated rings. The Kier molecular flexibility index (Phi) is 9.05. The smallest absolute Gasteiger partial charge is 0.453 e. The summed E-state index contributed by atoms with van der Waals surface area (Å²) in [6, 6.07) is 25.0. The van der Waals surface area contributed by atoms with Gasteiger partial charge in [-0.1, -0.05) is 0 Å². The number of halogens is 3. The van der Waals surface area contributed by atoms with E-state index in [1.54, 1.807) is 14.2 Å². The van der Waals surface area contributed by atoms with Gasteiger partial charge in [-0.25, -0.2) is 8.42 Å². The Morgan fingerprint density at radius 2 is 0.976 bits per heavy atom. The van der Waals surface area contributed by atoms with E-state index in [1.807, 2.05) is 66.7 Å². The summed E-state index contributed by atoms with van der Waals surface area (Å²) in [7, 11) is -5.52. The summed E-state index contributed by atoms with van der Waals surface area (Å²) in [6.07, 6.45) is 0. The highest BCUT2D eigenvalue weighted by atomic mass is 32.3. The normalized spacial score (nSPS) is 12.3. The fourth-order valence-electron chi connectivity index (χ4n) is 3.58. The molecular weight excluding hydrogens is 581 g/mol. The third kappa shape index (κ3) is 8.13. The van der Waals surface area contributed by atoms with Crippen LogP contribution in [0.4, 0.5) is 47.3 Å². The van der Waals surface area contributed by atoms with Crippen molar-refractivity contribution in [3.05, 3.63) is 95.1 Å². The van der Waals surface area contributed by atoms with Crippen molar-refractivity contribution in [3.63, 3.8) is 0 Å². The zero-order valence-corrected chi connectivity index (χ0v) is 23.2. The summed E-state index contributed by atoms with van der Waals surface area (Å²) in [6.45, 7) is 0. The summed E-state index contributed by atoms with van der Waals surface area (Å²) in [5.41, 5.74) is -1.21. The van der Waals surface area contributed by atoms with Crippen LogP contribution < -0.4 is 25.4 Å². The molecular formula is C27H24F3N4O5S2-. The van der Waals surface area contributed by atoms with Gasteiger partial charge in [0.1, 0.15) is 21.5 Å². The van der Waals surface area contributed by atoms with Gasteiger partial charge in [0.25, 0.3) is 0 Å². The minimum Gasteiger partial charge on any atom is -0.497 e.